The molecule has 0 aliphatic carbocycles. The summed E-state index contributed by atoms with van der Waals surface area (Å²) in [5.41, 5.74) is 1.30. The highest BCUT2D eigenvalue weighted by Gasteiger charge is 2.19. The van der Waals surface area contributed by atoms with Gasteiger partial charge in [-0.3, -0.25) is 0 Å². The van der Waals surface area contributed by atoms with Gasteiger partial charge in [0, 0.05) is 6.04 Å². The van der Waals surface area contributed by atoms with Crippen molar-refractivity contribution in [3.8, 4) is 0 Å². The second-order valence-corrected chi connectivity index (χ2v) is 6.54. The summed E-state index contributed by atoms with van der Waals surface area (Å²) in [4.78, 5) is 0.127. The highest BCUT2D eigenvalue weighted by Crippen LogP contribution is 2.19. The second-order valence-electron chi connectivity index (χ2n) is 4.83. The molecule has 6 heteroatoms. The standard InChI is InChI=1S/C15H15F2NO2S/c1-10-3-6-13(7-4-10)21(19,20)18-11(2)12-5-8-14(16)15(17)9-12/h3-9,11,18H,1-2H3. The van der Waals surface area contributed by atoms with E-state index in [0.29, 0.717) is 5.56 Å². The van der Waals surface area contributed by atoms with Crippen LogP contribution >= 0.6 is 0 Å². The molecule has 1 unspecified atom stereocenters. The molecule has 0 saturated heterocycles. The van der Waals surface area contributed by atoms with Crippen LogP contribution in [0.4, 0.5) is 8.78 Å². The summed E-state index contributed by atoms with van der Waals surface area (Å²) < 4.78 is 52.9. The van der Waals surface area contributed by atoms with Gasteiger partial charge in [0.1, 0.15) is 0 Å². The van der Waals surface area contributed by atoms with Gasteiger partial charge in [-0.25, -0.2) is 21.9 Å². The van der Waals surface area contributed by atoms with Crippen molar-refractivity contribution in [2.75, 3.05) is 0 Å². The molecule has 0 aliphatic rings. The zero-order valence-electron chi connectivity index (χ0n) is 11.6. The van der Waals surface area contributed by atoms with Gasteiger partial charge >= 0.3 is 0 Å². The predicted molar refractivity (Wildman–Crippen MR) is 76.3 cm³/mol. The van der Waals surface area contributed by atoms with E-state index < -0.39 is 27.7 Å². The molecule has 0 radical (unpaired) electrons. The molecule has 112 valence electrons. The Kier molecular flexibility index (Phi) is 4.39. The summed E-state index contributed by atoms with van der Waals surface area (Å²) in [5.74, 6) is -1.97. The highest BCUT2D eigenvalue weighted by molar-refractivity contribution is 7.89. The largest absolute Gasteiger partial charge is 0.241 e. The van der Waals surface area contributed by atoms with Gasteiger partial charge in [0.15, 0.2) is 11.6 Å². The molecular formula is C15H15F2NO2S. The predicted octanol–water partition coefficient (Wildman–Crippen LogP) is 3.31. The normalized spacial score (nSPS) is 13.1. The van der Waals surface area contributed by atoms with Crippen LogP contribution < -0.4 is 4.72 Å². The van der Waals surface area contributed by atoms with E-state index in [9.17, 15) is 17.2 Å². The average Bonchev–Trinajstić information content (AvgIpc) is 2.41. The van der Waals surface area contributed by atoms with E-state index in [0.717, 1.165) is 17.7 Å². The Morgan fingerprint density at radius 1 is 1.00 bits per heavy atom. The minimum atomic E-state index is -3.71. The van der Waals surface area contributed by atoms with Crippen LogP contribution in [-0.2, 0) is 10.0 Å². The Hall–Kier alpha value is -1.79. The molecule has 21 heavy (non-hydrogen) atoms. The van der Waals surface area contributed by atoms with Gasteiger partial charge in [0.25, 0.3) is 0 Å². The van der Waals surface area contributed by atoms with E-state index in [2.05, 4.69) is 4.72 Å². The fraction of sp³-hybridized carbons (Fsp3) is 0.200. The van der Waals surface area contributed by atoms with Crippen LogP contribution in [0.15, 0.2) is 47.4 Å². The number of aryl methyl sites for hydroxylation is 1. The minimum Gasteiger partial charge on any atom is -0.207 e. The molecule has 0 fully saturated rings. The Bertz CT molecular complexity index is 743. The van der Waals surface area contributed by atoms with E-state index in [1.807, 2.05) is 6.92 Å². The molecule has 0 aromatic heterocycles. The topological polar surface area (TPSA) is 46.2 Å². The van der Waals surface area contributed by atoms with Crippen molar-refractivity contribution in [3.63, 3.8) is 0 Å². The van der Waals surface area contributed by atoms with Crippen LogP contribution in [0.5, 0.6) is 0 Å². The van der Waals surface area contributed by atoms with Crippen molar-refractivity contribution >= 4 is 10.0 Å². The van der Waals surface area contributed by atoms with Gasteiger partial charge < -0.3 is 0 Å². The van der Waals surface area contributed by atoms with E-state index in [-0.39, 0.29) is 4.90 Å². The van der Waals surface area contributed by atoms with Gasteiger partial charge in [-0.2, -0.15) is 0 Å². The van der Waals surface area contributed by atoms with Crippen molar-refractivity contribution in [1.82, 2.24) is 4.72 Å². The van der Waals surface area contributed by atoms with Crippen molar-refractivity contribution in [3.05, 3.63) is 65.2 Å². The molecule has 0 spiro atoms. The first kappa shape index (κ1) is 15.6. The molecule has 0 bridgehead atoms. The minimum absolute atomic E-state index is 0.127. The summed E-state index contributed by atoms with van der Waals surface area (Å²) in [6, 6.07) is 9.00. The summed E-state index contributed by atoms with van der Waals surface area (Å²) in [5, 5.41) is 0. The highest BCUT2D eigenvalue weighted by atomic mass is 32.2. The molecule has 2 aromatic carbocycles. The van der Waals surface area contributed by atoms with E-state index >= 15 is 0 Å². The number of nitrogens with one attached hydrogen (secondary N) is 1. The van der Waals surface area contributed by atoms with E-state index in [1.54, 1.807) is 19.1 Å². The molecule has 1 N–H and O–H groups in total. The van der Waals surface area contributed by atoms with Gasteiger partial charge in [-0.05, 0) is 43.7 Å². The molecule has 0 saturated carbocycles. The first-order chi connectivity index (χ1) is 9.79. The monoisotopic (exact) mass is 311 g/mol. The second kappa shape index (κ2) is 5.91. The Balaban J connectivity index is 2.23. The van der Waals surface area contributed by atoms with Crippen molar-refractivity contribution in [1.29, 1.82) is 0 Å². The lowest BCUT2D eigenvalue weighted by molar-refractivity contribution is 0.504. The zero-order valence-corrected chi connectivity index (χ0v) is 12.4. The van der Waals surface area contributed by atoms with E-state index in [1.165, 1.54) is 18.2 Å². The molecule has 3 nitrogen and oxygen atoms in total. The van der Waals surface area contributed by atoms with Gasteiger partial charge in [0.2, 0.25) is 10.0 Å². The molecule has 0 heterocycles. The number of rotatable bonds is 4. The van der Waals surface area contributed by atoms with Crippen LogP contribution in [-0.4, -0.2) is 8.42 Å². The quantitative estimate of drug-likeness (QED) is 0.941. The van der Waals surface area contributed by atoms with Crippen LogP contribution in [0.3, 0.4) is 0 Å². The number of halogens is 2. The Labute approximate surface area is 122 Å². The maximum atomic E-state index is 13.2. The first-order valence-corrected chi connectivity index (χ1v) is 7.82. The summed E-state index contributed by atoms with van der Waals surface area (Å²) >= 11 is 0. The number of sulfonamides is 1. The van der Waals surface area contributed by atoms with Crippen molar-refractivity contribution in [2.24, 2.45) is 0 Å². The first-order valence-electron chi connectivity index (χ1n) is 6.33. The smallest absolute Gasteiger partial charge is 0.207 e. The Morgan fingerprint density at radius 2 is 1.62 bits per heavy atom. The third-order valence-electron chi connectivity index (χ3n) is 3.11. The third-order valence-corrected chi connectivity index (χ3v) is 4.66. The lowest BCUT2D eigenvalue weighted by Gasteiger charge is -2.15. The third kappa shape index (κ3) is 3.65. The van der Waals surface area contributed by atoms with Crippen molar-refractivity contribution < 1.29 is 17.2 Å². The fourth-order valence-corrected chi connectivity index (χ4v) is 3.10. The van der Waals surface area contributed by atoms with Gasteiger partial charge in [-0.1, -0.05) is 23.8 Å². The fourth-order valence-electron chi connectivity index (χ4n) is 1.87. The maximum Gasteiger partial charge on any atom is 0.241 e. The molecule has 0 amide bonds. The van der Waals surface area contributed by atoms with Crippen LogP contribution in [0.2, 0.25) is 0 Å². The summed E-state index contributed by atoms with van der Waals surface area (Å²) in [6.45, 7) is 3.42. The van der Waals surface area contributed by atoms with E-state index in [4.69, 9.17) is 0 Å². The molecular weight excluding hydrogens is 296 g/mol. The van der Waals surface area contributed by atoms with Crippen LogP contribution in [0.1, 0.15) is 24.1 Å². The maximum absolute atomic E-state index is 13.2. The summed E-state index contributed by atoms with van der Waals surface area (Å²) in [6.07, 6.45) is 0. The van der Waals surface area contributed by atoms with Crippen LogP contribution in [0, 0.1) is 18.6 Å². The number of benzene rings is 2. The van der Waals surface area contributed by atoms with Gasteiger partial charge in [-0.15, -0.1) is 0 Å². The van der Waals surface area contributed by atoms with Gasteiger partial charge in [0.05, 0.1) is 4.90 Å². The SMILES string of the molecule is Cc1ccc(S(=O)(=O)NC(C)c2ccc(F)c(F)c2)cc1. The molecule has 0 aliphatic heterocycles. The Morgan fingerprint density at radius 3 is 2.19 bits per heavy atom. The molecule has 1 atom stereocenters. The lowest BCUT2D eigenvalue weighted by Crippen LogP contribution is -2.27. The lowest BCUT2D eigenvalue weighted by atomic mass is 10.1. The number of hydrogen-bond acceptors (Lipinski definition) is 2. The average molecular weight is 311 g/mol. The van der Waals surface area contributed by atoms with Crippen molar-refractivity contribution in [2.45, 2.75) is 24.8 Å². The zero-order chi connectivity index (χ0) is 15.6. The van der Waals surface area contributed by atoms with Crippen LogP contribution in [0.25, 0.3) is 0 Å². The number of hydrogen-bond donors (Lipinski definition) is 1. The summed E-state index contributed by atoms with van der Waals surface area (Å²) in [7, 11) is -3.71. The molecule has 2 rings (SSSR count). The molecule has 2 aromatic rings.